The van der Waals surface area contributed by atoms with Crippen LogP contribution in [-0.2, 0) is 0 Å². The molecular formula is C17H21FN2O. The molecule has 0 amide bonds. The van der Waals surface area contributed by atoms with Crippen molar-refractivity contribution in [3.63, 3.8) is 0 Å². The fourth-order valence-electron chi connectivity index (χ4n) is 4.45. The van der Waals surface area contributed by atoms with Crippen LogP contribution in [0.15, 0.2) is 28.7 Å². The number of benzene rings is 1. The van der Waals surface area contributed by atoms with E-state index in [0.29, 0.717) is 5.58 Å². The second kappa shape index (κ2) is 5.11. The number of rotatable bonds is 4. The van der Waals surface area contributed by atoms with E-state index in [4.69, 9.17) is 10.3 Å². The molecule has 0 aliphatic heterocycles. The largest absolute Gasteiger partial charge is 0.456 e. The van der Waals surface area contributed by atoms with Crippen LogP contribution < -0.4 is 11.3 Å². The highest BCUT2D eigenvalue weighted by atomic mass is 19.1. The van der Waals surface area contributed by atoms with Crippen LogP contribution in [0.3, 0.4) is 0 Å². The van der Waals surface area contributed by atoms with Gasteiger partial charge in [-0.15, -0.1) is 0 Å². The molecule has 112 valence electrons. The average Bonchev–Trinajstić information content (AvgIpc) is 3.19. The Morgan fingerprint density at radius 3 is 2.90 bits per heavy atom. The SMILES string of the molecule is NNC(CC1CC2CCC1C2)c1cc2cccc(F)c2o1. The lowest BCUT2D eigenvalue weighted by molar-refractivity contribution is 0.265. The molecule has 0 saturated heterocycles. The highest BCUT2D eigenvalue weighted by molar-refractivity contribution is 5.78. The number of hydrazine groups is 1. The Bertz CT molecular complexity index is 653. The van der Waals surface area contributed by atoms with E-state index in [0.717, 1.165) is 35.3 Å². The first-order valence-corrected chi connectivity index (χ1v) is 7.88. The topological polar surface area (TPSA) is 51.2 Å². The molecule has 4 rings (SSSR count). The third-order valence-corrected chi connectivity index (χ3v) is 5.48. The van der Waals surface area contributed by atoms with Crippen molar-refractivity contribution in [1.29, 1.82) is 0 Å². The number of nitrogens with two attached hydrogens (primary N) is 1. The lowest BCUT2D eigenvalue weighted by atomic mass is 9.84. The molecule has 1 aromatic heterocycles. The van der Waals surface area contributed by atoms with E-state index in [9.17, 15) is 4.39 Å². The Hall–Kier alpha value is -1.39. The molecule has 2 saturated carbocycles. The van der Waals surface area contributed by atoms with E-state index in [1.807, 2.05) is 12.1 Å². The molecule has 0 spiro atoms. The van der Waals surface area contributed by atoms with Crippen LogP contribution in [0.25, 0.3) is 11.0 Å². The van der Waals surface area contributed by atoms with Crippen molar-refractivity contribution in [2.45, 2.75) is 38.1 Å². The number of halogens is 1. The summed E-state index contributed by atoms with van der Waals surface area (Å²) in [6.45, 7) is 0. The maximum absolute atomic E-state index is 13.7. The summed E-state index contributed by atoms with van der Waals surface area (Å²) in [6.07, 6.45) is 6.45. The molecule has 0 radical (unpaired) electrons. The van der Waals surface area contributed by atoms with Gasteiger partial charge in [0.05, 0.1) is 6.04 Å². The van der Waals surface area contributed by atoms with Gasteiger partial charge in [-0.05, 0) is 55.6 Å². The molecule has 1 heterocycles. The molecule has 3 nitrogen and oxygen atoms in total. The normalized spacial score (nSPS) is 29.3. The van der Waals surface area contributed by atoms with Crippen LogP contribution in [0.2, 0.25) is 0 Å². The Morgan fingerprint density at radius 1 is 1.33 bits per heavy atom. The van der Waals surface area contributed by atoms with E-state index in [1.54, 1.807) is 6.07 Å². The summed E-state index contributed by atoms with van der Waals surface area (Å²) in [7, 11) is 0. The first-order chi connectivity index (χ1) is 10.2. The van der Waals surface area contributed by atoms with E-state index in [2.05, 4.69) is 5.43 Å². The van der Waals surface area contributed by atoms with Gasteiger partial charge in [0.25, 0.3) is 0 Å². The van der Waals surface area contributed by atoms with Crippen molar-refractivity contribution >= 4 is 11.0 Å². The molecule has 4 atom stereocenters. The van der Waals surface area contributed by atoms with E-state index < -0.39 is 0 Å². The second-order valence-electron chi connectivity index (χ2n) is 6.70. The van der Waals surface area contributed by atoms with Crippen LogP contribution in [0.5, 0.6) is 0 Å². The van der Waals surface area contributed by atoms with Gasteiger partial charge in [-0.2, -0.15) is 0 Å². The van der Waals surface area contributed by atoms with Crippen LogP contribution >= 0.6 is 0 Å². The molecule has 1 aromatic carbocycles. The van der Waals surface area contributed by atoms with Crippen molar-refractivity contribution in [1.82, 2.24) is 5.43 Å². The molecule has 2 bridgehead atoms. The molecule has 2 aromatic rings. The molecule has 2 aliphatic carbocycles. The van der Waals surface area contributed by atoms with Crippen molar-refractivity contribution in [2.24, 2.45) is 23.6 Å². The average molecular weight is 288 g/mol. The molecule has 4 heteroatoms. The first kappa shape index (κ1) is 13.3. The number of furan rings is 1. The predicted molar refractivity (Wildman–Crippen MR) is 79.8 cm³/mol. The zero-order chi connectivity index (χ0) is 14.4. The minimum Gasteiger partial charge on any atom is -0.456 e. The summed E-state index contributed by atoms with van der Waals surface area (Å²) in [5.74, 6) is 8.68. The first-order valence-electron chi connectivity index (χ1n) is 7.88. The van der Waals surface area contributed by atoms with Crippen molar-refractivity contribution < 1.29 is 8.81 Å². The highest BCUT2D eigenvalue weighted by Crippen LogP contribution is 2.51. The Morgan fingerprint density at radius 2 is 2.24 bits per heavy atom. The molecule has 4 unspecified atom stereocenters. The van der Waals surface area contributed by atoms with E-state index in [1.165, 1.54) is 31.7 Å². The fourth-order valence-corrected chi connectivity index (χ4v) is 4.45. The van der Waals surface area contributed by atoms with Crippen LogP contribution in [0.1, 0.15) is 43.9 Å². The quantitative estimate of drug-likeness (QED) is 0.662. The zero-order valence-electron chi connectivity index (χ0n) is 12.0. The second-order valence-corrected chi connectivity index (χ2v) is 6.70. The minimum absolute atomic E-state index is 0.0267. The smallest absolute Gasteiger partial charge is 0.169 e. The predicted octanol–water partition coefficient (Wildman–Crippen LogP) is 3.90. The fraction of sp³-hybridized carbons (Fsp3) is 0.529. The Labute approximate surface area is 123 Å². The number of fused-ring (bicyclic) bond motifs is 3. The van der Waals surface area contributed by atoms with Gasteiger partial charge in [0, 0.05) is 5.39 Å². The lowest BCUT2D eigenvalue weighted by Crippen LogP contribution is -2.30. The van der Waals surface area contributed by atoms with Gasteiger partial charge >= 0.3 is 0 Å². The molecule has 2 aliphatic rings. The van der Waals surface area contributed by atoms with Crippen LogP contribution in [-0.4, -0.2) is 0 Å². The summed E-state index contributed by atoms with van der Waals surface area (Å²) < 4.78 is 19.5. The van der Waals surface area contributed by atoms with Crippen molar-refractivity contribution in [3.05, 3.63) is 35.8 Å². The number of nitrogens with one attached hydrogen (secondary N) is 1. The molecular weight excluding hydrogens is 267 g/mol. The summed E-state index contributed by atoms with van der Waals surface area (Å²) in [5, 5.41) is 0.804. The molecule has 3 N–H and O–H groups in total. The third kappa shape index (κ3) is 2.27. The van der Waals surface area contributed by atoms with Gasteiger partial charge in [-0.1, -0.05) is 18.6 Å². The summed E-state index contributed by atoms with van der Waals surface area (Å²) >= 11 is 0. The van der Waals surface area contributed by atoms with Gasteiger partial charge in [0.15, 0.2) is 11.4 Å². The van der Waals surface area contributed by atoms with Crippen molar-refractivity contribution in [2.75, 3.05) is 0 Å². The number of hydrogen-bond donors (Lipinski definition) is 2. The highest BCUT2D eigenvalue weighted by Gasteiger charge is 2.40. The third-order valence-electron chi connectivity index (χ3n) is 5.48. The maximum atomic E-state index is 13.7. The number of para-hydroxylation sites is 1. The van der Waals surface area contributed by atoms with E-state index >= 15 is 0 Å². The molecule has 21 heavy (non-hydrogen) atoms. The van der Waals surface area contributed by atoms with Gasteiger partial charge in [-0.25, -0.2) is 9.82 Å². The van der Waals surface area contributed by atoms with Gasteiger partial charge in [-0.3, -0.25) is 5.84 Å². The van der Waals surface area contributed by atoms with Crippen molar-refractivity contribution in [3.8, 4) is 0 Å². The summed E-state index contributed by atoms with van der Waals surface area (Å²) in [6, 6.07) is 6.89. The standard InChI is InChI=1S/C17H21FN2O/c18-14-3-1-2-12-9-16(21-17(12)14)15(20-19)8-13-7-10-4-5-11(13)6-10/h1-3,9-11,13,15,20H,4-8,19H2. The number of hydrogen-bond acceptors (Lipinski definition) is 3. The minimum atomic E-state index is -0.311. The lowest BCUT2D eigenvalue weighted by Gasteiger charge is -2.25. The Balaban J connectivity index is 1.58. The Kier molecular flexibility index (Phi) is 3.23. The summed E-state index contributed by atoms with van der Waals surface area (Å²) in [4.78, 5) is 0. The van der Waals surface area contributed by atoms with Gasteiger partial charge < -0.3 is 4.42 Å². The zero-order valence-corrected chi connectivity index (χ0v) is 12.0. The van der Waals surface area contributed by atoms with Crippen LogP contribution in [0, 0.1) is 23.6 Å². The molecule has 2 fully saturated rings. The monoisotopic (exact) mass is 288 g/mol. The summed E-state index contributed by atoms with van der Waals surface area (Å²) in [5.41, 5.74) is 3.20. The van der Waals surface area contributed by atoms with Gasteiger partial charge in [0.2, 0.25) is 0 Å². The van der Waals surface area contributed by atoms with Crippen LogP contribution in [0.4, 0.5) is 4.39 Å². The van der Waals surface area contributed by atoms with Gasteiger partial charge in [0.1, 0.15) is 5.76 Å². The maximum Gasteiger partial charge on any atom is 0.169 e. The van der Waals surface area contributed by atoms with E-state index in [-0.39, 0.29) is 11.9 Å².